The molecular formula is C26H32F5N3O4. The van der Waals surface area contributed by atoms with Gasteiger partial charge in [-0.25, -0.2) is 18.6 Å². The van der Waals surface area contributed by atoms with Gasteiger partial charge in [-0.05, 0) is 83.9 Å². The van der Waals surface area contributed by atoms with Gasteiger partial charge in [0.05, 0.1) is 23.4 Å². The van der Waals surface area contributed by atoms with E-state index in [4.69, 9.17) is 4.74 Å². The molecule has 2 atom stereocenters. The highest BCUT2D eigenvalue weighted by atomic mass is 19.4. The first-order valence-corrected chi connectivity index (χ1v) is 11.8. The van der Waals surface area contributed by atoms with E-state index in [9.17, 15) is 36.6 Å². The van der Waals surface area contributed by atoms with Gasteiger partial charge in [0.15, 0.2) is 0 Å². The van der Waals surface area contributed by atoms with E-state index in [1.54, 1.807) is 41.5 Å². The predicted molar refractivity (Wildman–Crippen MR) is 129 cm³/mol. The molecule has 0 aliphatic rings. The van der Waals surface area contributed by atoms with Crippen LogP contribution in [-0.2, 0) is 23.8 Å². The quantitative estimate of drug-likeness (QED) is 0.428. The summed E-state index contributed by atoms with van der Waals surface area (Å²) in [5.41, 5.74) is -3.78. The molecular weight excluding hydrogens is 513 g/mol. The lowest BCUT2D eigenvalue weighted by Gasteiger charge is -2.27. The van der Waals surface area contributed by atoms with Crippen LogP contribution in [0.2, 0.25) is 0 Å². The van der Waals surface area contributed by atoms with Gasteiger partial charge in [-0.2, -0.15) is 13.2 Å². The highest BCUT2D eigenvalue weighted by Gasteiger charge is 2.35. The van der Waals surface area contributed by atoms with Crippen LogP contribution in [0.3, 0.4) is 0 Å². The van der Waals surface area contributed by atoms with E-state index in [-0.39, 0.29) is 11.1 Å². The maximum atomic E-state index is 14.4. The van der Waals surface area contributed by atoms with Crippen LogP contribution in [0, 0.1) is 11.6 Å². The molecule has 38 heavy (non-hydrogen) atoms. The molecule has 0 saturated heterocycles. The van der Waals surface area contributed by atoms with Gasteiger partial charge < -0.3 is 20.5 Å². The minimum absolute atomic E-state index is 0.201. The fraction of sp³-hybridized carbons (Fsp3) is 0.500. The Morgan fingerprint density at radius 2 is 1.63 bits per heavy atom. The summed E-state index contributed by atoms with van der Waals surface area (Å²) in [5.74, 6) is -2.32. The van der Waals surface area contributed by atoms with E-state index in [1.807, 2.05) is 0 Å². The zero-order valence-corrected chi connectivity index (χ0v) is 22.0. The van der Waals surface area contributed by atoms with Gasteiger partial charge in [-0.1, -0.05) is 0 Å². The van der Waals surface area contributed by atoms with E-state index in [0.29, 0.717) is 6.07 Å². The number of amides is 2. The number of aromatic nitrogens is 1. The summed E-state index contributed by atoms with van der Waals surface area (Å²) in [6.45, 7) is 9.76. The van der Waals surface area contributed by atoms with Crippen molar-refractivity contribution in [2.24, 2.45) is 0 Å². The third-order valence-corrected chi connectivity index (χ3v) is 5.01. The van der Waals surface area contributed by atoms with Gasteiger partial charge >= 0.3 is 12.3 Å². The number of ether oxygens (including phenoxy) is 1. The monoisotopic (exact) mass is 545 g/mol. The Morgan fingerprint density at radius 1 is 1.00 bits per heavy atom. The van der Waals surface area contributed by atoms with Crippen LogP contribution in [0.25, 0.3) is 0 Å². The van der Waals surface area contributed by atoms with E-state index in [2.05, 4.69) is 15.6 Å². The first-order valence-electron chi connectivity index (χ1n) is 11.8. The number of nitrogens with zero attached hydrogens (tertiary/aromatic N) is 1. The molecule has 210 valence electrons. The normalized spacial score (nSPS) is 14.0. The third kappa shape index (κ3) is 9.55. The molecule has 0 unspecified atom stereocenters. The topological polar surface area (TPSA) is 101 Å². The van der Waals surface area contributed by atoms with Crippen molar-refractivity contribution in [1.29, 1.82) is 0 Å². The molecule has 0 saturated carbocycles. The molecule has 0 spiro atoms. The third-order valence-electron chi connectivity index (χ3n) is 5.01. The maximum Gasteiger partial charge on any atom is 0.433 e. The molecule has 0 fully saturated rings. The van der Waals surface area contributed by atoms with Crippen LogP contribution in [0.15, 0.2) is 30.3 Å². The van der Waals surface area contributed by atoms with Crippen LogP contribution >= 0.6 is 0 Å². The van der Waals surface area contributed by atoms with Crippen molar-refractivity contribution in [3.8, 4) is 0 Å². The summed E-state index contributed by atoms with van der Waals surface area (Å²) in [7, 11) is 0. The minimum Gasteiger partial charge on any atom is -0.444 e. The van der Waals surface area contributed by atoms with Crippen molar-refractivity contribution in [2.45, 2.75) is 83.8 Å². The number of hydrogen-bond acceptors (Lipinski definition) is 5. The number of alkyl halides is 3. The van der Waals surface area contributed by atoms with E-state index >= 15 is 0 Å². The summed E-state index contributed by atoms with van der Waals surface area (Å²) >= 11 is 0. The first kappa shape index (κ1) is 30.9. The van der Waals surface area contributed by atoms with Gasteiger partial charge in [0.1, 0.15) is 22.9 Å². The highest BCUT2D eigenvalue weighted by Crippen LogP contribution is 2.29. The van der Waals surface area contributed by atoms with Gasteiger partial charge in [-0.3, -0.25) is 4.79 Å². The second-order valence-corrected chi connectivity index (χ2v) is 10.9. The Hall–Kier alpha value is -3.28. The smallest absolute Gasteiger partial charge is 0.433 e. The van der Waals surface area contributed by atoms with Crippen LogP contribution in [0.5, 0.6) is 0 Å². The van der Waals surface area contributed by atoms with Crippen molar-refractivity contribution < 1.29 is 41.4 Å². The second-order valence-electron chi connectivity index (χ2n) is 10.9. The van der Waals surface area contributed by atoms with Crippen molar-refractivity contribution in [1.82, 2.24) is 15.6 Å². The lowest BCUT2D eigenvalue weighted by Crippen LogP contribution is -2.48. The molecule has 2 rings (SSSR count). The Balaban J connectivity index is 2.48. The molecule has 3 N–H and O–H groups in total. The molecule has 1 aromatic carbocycles. The predicted octanol–water partition coefficient (Wildman–Crippen LogP) is 4.95. The summed E-state index contributed by atoms with van der Waals surface area (Å²) in [4.78, 5) is 28.8. The van der Waals surface area contributed by atoms with Crippen LogP contribution in [0.4, 0.5) is 26.7 Å². The molecule has 2 amide bonds. The standard InChI is InChI=1S/C26H32F5N3O4/c1-24(2,3)34-22(36)16-8-10-21(26(29,30)31)32-18(16)13-20(35)19(33-23(37)38-25(4,5)6)12-14-11-15(27)7-9-17(14)28/h7-11,19-20,35H,12-13H2,1-6H3,(H,33,37)(H,34,36)/t19-,20-/m1/s1. The molecule has 0 bridgehead atoms. The fourth-order valence-electron chi connectivity index (χ4n) is 3.45. The number of benzene rings is 1. The SMILES string of the molecule is CC(C)(C)NC(=O)c1ccc(C(F)(F)F)nc1C[C@@H](O)[C@@H](Cc1cc(F)ccc1F)NC(=O)OC(C)(C)C. The number of pyridine rings is 1. The maximum absolute atomic E-state index is 14.4. The Bertz CT molecular complexity index is 1160. The van der Waals surface area contributed by atoms with Gasteiger partial charge in [-0.15, -0.1) is 0 Å². The average Bonchev–Trinajstić information content (AvgIpc) is 2.72. The molecule has 0 aliphatic heterocycles. The number of nitrogens with one attached hydrogen (secondary N) is 2. The fourth-order valence-corrected chi connectivity index (χ4v) is 3.45. The Labute approximate surface area is 217 Å². The van der Waals surface area contributed by atoms with Crippen molar-refractivity contribution in [3.63, 3.8) is 0 Å². The lowest BCUT2D eigenvalue weighted by molar-refractivity contribution is -0.141. The van der Waals surface area contributed by atoms with Crippen LogP contribution in [-0.4, -0.2) is 45.4 Å². The molecule has 1 aromatic heterocycles. The lowest BCUT2D eigenvalue weighted by atomic mass is 9.95. The summed E-state index contributed by atoms with van der Waals surface area (Å²) in [5, 5.41) is 16.0. The summed E-state index contributed by atoms with van der Waals surface area (Å²) in [6.07, 6.45) is -8.58. The average molecular weight is 546 g/mol. The molecule has 7 nitrogen and oxygen atoms in total. The van der Waals surface area contributed by atoms with E-state index in [0.717, 1.165) is 24.3 Å². The number of aliphatic hydroxyl groups is 1. The molecule has 2 aromatic rings. The van der Waals surface area contributed by atoms with Gasteiger partial charge in [0, 0.05) is 12.0 Å². The van der Waals surface area contributed by atoms with Gasteiger partial charge in [0.25, 0.3) is 5.91 Å². The Morgan fingerprint density at radius 3 is 2.18 bits per heavy atom. The van der Waals surface area contributed by atoms with Crippen molar-refractivity contribution in [2.75, 3.05) is 0 Å². The largest absolute Gasteiger partial charge is 0.444 e. The first-order chi connectivity index (χ1) is 17.2. The second kappa shape index (κ2) is 11.6. The highest BCUT2D eigenvalue weighted by molar-refractivity contribution is 5.95. The molecule has 0 radical (unpaired) electrons. The number of halogens is 5. The number of carbonyl (C=O) groups excluding carboxylic acids is 2. The number of hydrogen-bond donors (Lipinski definition) is 3. The summed E-state index contributed by atoms with van der Waals surface area (Å²) in [6, 6.07) is 2.86. The molecule has 12 heteroatoms. The minimum atomic E-state index is -4.84. The van der Waals surface area contributed by atoms with E-state index < -0.39 is 77.3 Å². The number of carbonyl (C=O) groups is 2. The Kier molecular flexibility index (Phi) is 9.47. The molecule has 1 heterocycles. The van der Waals surface area contributed by atoms with E-state index in [1.165, 1.54) is 0 Å². The zero-order chi connectivity index (χ0) is 29.1. The van der Waals surface area contributed by atoms with Crippen LogP contribution in [0.1, 0.15) is 68.9 Å². The number of aliphatic hydroxyl groups excluding tert-OH is 1. The van der Waals surface area contributed by atoms with Gasteiger partial charge in [0.2, 0.25) is 0 Å². The van der Waals surface area contributed by atoms with Crippen molar-refractivity contribution >= 4 is 12.0 Å². The number of rotatable bonds is 7. The van der Waals surface area contributed by atoms with Crippen LogP contribution < -0.4 is 10.6 Å². The zero-order valence-electron chi connectivity index (χ0n) is 22.0. The summed E-state index contributed by atoms with van der Waals surface area (Å²) < 4.78 is 73.5. The number of alkyl carbamates (subject to hydrolysis) is 1. The molecule has 0 aliphatic carbocycles. The van der Waals surface area contributed by atoms with Crippen molar-refractivity contribution in [3.05, 3.63) is 64.5 Å².